The lowest BCUT2D eigenvalue weighted by molar-refractivity contribution is -0.116. The average molecular weight is 348 g/mol. The molecule has 0 bridgehead atoms. The van der Waals surface area contributed by atoms with E-state index in [1.807, 2.05) is 24.3 Å². The second kappa shape index (κ2) is 7.65. The Morgan fingerprint density at radius 2 is 2.12 bits per heavy atom. The van der Waals surface area contributed by atoms with E-state index in [9.17, 15) is 4.79 Å². The van der Waals surface area contributed by atoms with Gasteiger partial charge in [0.05, 0.1) is 6.61 Å². The molecule has 1 atom stereocenters. The quantitative estimate of drug-likeness (QED) is 0.843. The van der Waals surface area contributed by atoms with Crippen LogP contribution in [0.1, 0.15) is 17.5 Å². The molecule has 1 N–H and O–H groups in total. The predicted octanol–water partition coefficient (Wildman–Crippen LogP) is 3.28. The maximum atomic E-state index is 12.1. The average Bonchev–Trinajstić information content (AvgIpc) is 3.34. The number of benzene rings is 2. The van der Waals surface area contributed by atoms with Crippen molar-refractivity contribution >= 4 is 17.7 Å². The van der Waals surface area contributed by atoms with Gasteiger partial charge in [0.1, 0.15) is 5.75 Å². The summed E-state index contributed by atoms with van der Waals surface area (Å²) >= 11 is 0. The highest BCUT2D eigenvalue weighted by Crippen LogP contribution is 2.26. The van der Waals surface area contributed by atoms with Crippen LogP contribution in [0, 0.1) is 5.92 Å². The minimum atomic E-state index is -0.0279. The highest BCUT2D eigenvalue weighted by molar-refractivity contribution is 5.91. The van der Waals surface area contributed by atoms with E-state index < -0.39 is 0 Å². The lowest BCUT2D eigenvalue weighted by atomic mass is 10.1. The topological polar surface area (TPSA) is 41.6 Å². The van der Waals surface area contributed by atoms with Gasteiger partial charge in [0.25, 0.3) is 0 Å². The Labute approximate surface area is 154 Å². The van der Waals surface area contributed by atoms with Gasteiger partial charge in [0.2, 0.25) is 5.91 Å². The molecular weight excluding hydrogens is 324 g/mol. The summed E-state index contributed by atoms with van der Waals surface area (Å²) in [6.07, 6.45) is 5.56. The molecule has 0 saturated carbocycles. The Hall–Kier alpha value is -2.75. The van der Waals surface area contributed by atoms with E-state index in [0.717, 1.165) is 50.4 Å². The third-order valence-corrected chi connectivity index (χ3v) is 5.11. The van der Waals surface area contributed by atoms with Gasteiger partial charge in [-0.15, -0.1) is 0 Å². The van der Waals surface area contributed by atoms with Crippen LogP contribution < -0.4 is 15.0 Å². The number of nitrogens with zero attached hydrogens (tertiary/aromatic N) is 1. The molecule has 0 unspecified atom stereocenters. The molecule has 2 aliphatic rings. The number of para-hydroxylation sites is 1. The Morgan fingerprint density at radius 1 is 1.23 bits per heavy atom. The first kappa shape index (κ1) is 16.7. The van der Waals surface area contributed by atoms with Crippen molar-refractivity contribution in [3.05, 3.63) is 65.7 Å². The molecule has 2 aromatic rings. The van der Waals surface area contributed by atoms with E-state index in [1.165, 1.54) is 11.3 Å². The highest BCUT2D eigenvalue weighted by Gasteiger charge is 2.22. The number of anilines is 1. The molecule has 0 aromatic heterocycles. The van der Waals surface area contributed by atoms with Crippen molar-refractivity contribution in [3.8, 4) is 5.75 Å². The van der Waals surface area contributed by atoms with Gasteiger partial charge < -0.3 is 15.0 Å². The molecule has 2 heterocycles. The standard InChI is InChI=1S/C22H24N2O2/c25-22(9-7-17-6-8-21-19(14-17)11-13-26-21)23-15-18-10-12-24(16-18)20-4-2-1-3-5-20/h1-9,14,18H,10-13,15-16H2,(H,23,25)/b9-7+/t18-/m0/s1. The minimum absolute atomic E-state index is 0.0279. The fourth-order valence-corrected chi connectivity index (χ4v) is 3.66. The summed E-state index contributed by atoms with van der Waals surface area (Å²) in [6.45, 7) is 3.53. The summed E-state index contributed by atoms with van der Waals surface area (Å²) < 4.78 is 5.51. The van der Waals surface area contributed by atoms with Gasteiger partial charge in [-0.3, -0.25) is 4.79 Å². The SMILES string of the molecule is O=C(/C=C/c1ccc2c(c1)CCO2)NC[C@@H]1CCN(c2ccccc2)C1. The van der Waals surface area contributed by atoms with E-state index in [1.54, 1.807) is 6.08 Å². The number of carbonyl (C=O) groups is 1. The third-order valence-electron chi connectivity index (χ3n) is 5.11. The van der Waals surface area contributed by atoms with Crippen LogP contribution in [0.4, 0.5) is 5.69 Å². The van der Waals surface area contributed by atoms with Gasteiger partial charge in [-0.1, -0.05) is 24.3 Å². The van der Waals surface area contributed by atoms with Crippen LogP contribution in [0.2, 0.25) is 0 Å². The van der Waals surface area contributed by atoms with Gasteiger partial charge in [-0.05, 0) is 53.8 Å². The third kappa shape index (κ3) is 3.90. The predicted molar refractivity (Wildman–Crippen MR) is 104 cm³/mol. The summed E-state index contributed by atoms with van der Waals surface area (Å²) in [7, 11) is 0. The molecular formula is C22H24N2O2. The fourth-order valence-electron chi connectivity index (χ4n) is 3.66. The van der Waals surface area contributed by atoms with Crippen LogP contribution in [0.15, 0.2) is 54.6 Å². The summed E-state index contributed by atoms with van der Waals surface area (Å²) in [5.74, 6) is 1.44. The first-order valence-electron chi connectivity index (χ1n) is 9.29. The number of hydrogen-bond acceptors (Lipinski definition) is 3. The van der Waals surface area contributed by atoms with Gasteiger partial charge in [-0.2, -0.15) is 0 Å². The number of amides is 1. The van der Waals surface area contributed by atoms with Gasteiger partial charge in [0, 0.05) is 37.8 Å². The normalized spacial score (nSPS) is 18.8. The minimum Gasteiger partial charge on any atom is -0.493 e. The van der Waals surface area contributed by atoms with Crippen LogP contribution in [-0.4, -0.2) is 32.1 Å². The maximum absolute atomic E-state index is 12.1. The van der Waals surface area contributed by atoms with Crippen LogP contribution in [0.5, 0.6) is 5.75 Å². The Kier molecular flexibility index (Phi) is 4.91. The van der Waals surface area contributed by atoms with Crippen LogP contribution in [-0.2, 0) is 11.2 Å². The molecule has 4 nitrogen and oxygen atoms in total. The molecule has 0 radical (unpaired) electrons. The van der Waals surface area contributed by atoms with E-state index in [4.69, 9.17) is 4.74 Å². The second-order valence-electron chi connectivity index (χ2n) is 6.98. The smallest absolute Gasteiger partial charge is 0.244 e. The highest BCUT2D eigenvalue weighted by atomic mass is 16.5. The van der Waals surface area contributed by atoms with E-state index in [2.05, 4.69) is 40.5 Å². The molecule has 0 aliphatic carbocycles. The van der Waals surface area contributed by atoms with E-state index >= 15 is 0 Å². The van der Waals surface area contributed by atoms with Gasteiger partial charge in [-0.25, -0.2) is 0 Å². The number of carbonyl (C=O) groups excluding carboxylic acids is 1. The van der Waals surface area contributed by atoms with E-state index in [-0.39, 0.29) is 5.91 Å². The lowest BCUT2D eigenvalue weighted by Gasteiger charge is -2.18. The number of ether oxygens (including phenoxy) is 1. The first-order valence-corrected chi connectivity index (χ1v) is 9.29. The summed E-state index contributed by atoms with van der Waals surface area (Å²) in [5.41, 5.74) is 3.53. The lowest BCUT2D eigenvalue weighted by Crippen LogP contribution is -2.29. The zero-order chi connectivity index (χ0) is 17.8. The molecule has 1 amide bonds. The Morgan fingerprint density at radius 3 is 3.00 bits per heavy atom. The zero-order valence-electron chi connectivity index (χ0n) is 14.9. The largest absolute Gasteiger partial charge is 0.493 e. The summed E-state index contributed by atoms with van der Waals surface area (Å²) in [6, 6.07) is 16.5. The second-order valence-corrected chi connectivity index (χ2v) is 6.98. The van der Waals surface area contributed by atoms with Crippen molar-refractivity contribution in [2.24, 2.45) is 5.92 Å². The van der Waals surface area contributed by atoms with Crippen molar-refractivity contribution in [1.29, 1.82) is 0 Å². The first-order chi connectivity index (χ1) is 12.8. The van der Waals surface area contributed by atoms with Crippen LogP contribution in [0.3, 0.4) is 0 Å². The molecule has 26 heavy (non-hydrogen) atoms. The molecule has 1 saturated heterocycles. The number of fused-ring (bicyclic) bond motifs is 1. The van der Waals surface area contributed by atoms with Crippen molar-refractivity contribution in [3.63, 3.8) is 0 Å². The monoisotopic (exact) mass is 348 g/mol. The molecule has 4 heteroatoms. The Balaban J connectivity index is 1.25. The van der Waals surface area contributed by atoms with Crippen molar-refractivity contribution in [1.82, 2.24) is 5.32 Å². The summed E-state index contributed by atoms with van der Waals surface area (Å²) in [4.78, 5) is 14.5. The summed E-state index contributed by atoms with van der Waals surface area (Å²) in [5, 5.41) is 3.04. The fraction of sp³-hybridized carbons (Fsp3) is 0.318. The zero-order valence-corrected chi connectivity index (χ0v) is 14.9. The molecule has 1 fully saturated rings. The van der Waals surface area contributed by atoms with E-state index in [0.29, 0.717) is 5.92 Å². The molecule has 0 spiro atoms. The van der Waals surface area contributed by atoms with Gasteiger partial charge in [0.15, 0.2) is 0 Å². The number of nitrogens with one attached hydrogen (secondary N) is 1. The van der Waals surface area contributed by atoms with Crippen LogP contribution >= 0.6 is 0 Å². The molecule has 4 rings (SSSR count). The Bertz CT molecular complexity index is 801. The molecule has 134 valence electrons. The van der Waals surface area contributed by atoms with Crippen molar-refractivity contribution < 1.29 is 9.53 Å². The maximum Gasteiger partial charge on any atom is 0.244 e. The van der Waals surface area contributed by atoms with Crippen molar-refractivity contribution in [2.45, 2.75) is 12.8 Å². The number of hydrogen-bond donors (Lipinski definition) is 1. The van der Waals surface area contributed by atoms with Crippen molar-refractivity contribution in [2.75, 3.05) is 31.1 Å². The molecule has 2 aromatic carbocycles. The van der Waals surface area contributed by atoms with Crippen LogP contribution in [0.25, 0.3) is 6.08 Å². The molecule has 2 aliphatic heterocycles. The van der Waals surface area contributed by atoms with Gasteiger partial charge >= 0.3 is 0 Å². The number of rotatable bonds is 5.